The van der Waals surface area contributed by atoms with Crippen molar-refractivity contribution >= 4 is 9.84 Å². The summed E-state index contributed by atoms with van der Waals surface area (Å²) in [5, 5.41) is 1.67. The third-order valence-electron chi connectivity index (χ3n) is 2.15. The number of sulfone groups is 1. The van der Waals surface area contributed by atoms with Gasteiger partial charge in [-0.25, -0.2) is 8.42 Å². The van der Waals surface area contributed by atoms with Crippen LogP contribution in [0.5, 0.6) is 0 Å². The quantitative estimate of drug-likeness (QED) is 0.588. The van der Waals surface area contributed by atoms with Crippen molar-refractivity contribution in [3.05, 3.63) is 0 Å². The Kier molecular flexibility index (Phi) is 3.09. The molecule has 0 amide bonds. The maximum Gasteiger partial charge on any atom is 0.150 e. The van der Waals surface area contributed by atoms with E-state index in [1.165, 1.54) is 0 Å². The molecule has 1 saturated heterocycles. The van der Waals surface area contributed by atoms with Crippen molar-refractivity contribution < 1.29 is 13.3 Å². The predicted octanol–water partition coefficient (Wildman–Crippen LogP) is -0.0857. The van der Waals surface area contributed by atoms with Gasteiger partial charge >= 0.3 is 0 Å². The normalized spacial score (nSPS) is 28.1. The van der Waals surface area contributed by atoms with E-state index in [9.17, 15) is 8.42 Å². The summed E-state index contributed by atoms with van der Waals surface area (Å²) in [6.07, 6.45) is 0.774. The maximum atomic E-state index is 11.1. The summed E-state index contributed by atoms with van der Waals surface area (Å²) in [4.78, 5) is 4.92. The number of hydrogen-bond donors (Lipinski definition) is 0. The highest BCUT2D eigenvalue weighted by Gasteiger charge is 2.28. The lowest BCUT2D eigenvalue weighted by Gasteiger charge is -2.16. The SMILES string of the molecule is CON(C)CC1CCS(=O)(=O)C1. The van der Waals surface area contributed by atoms with Gasteiger partial charge in [-0.2, -0.15) is 5.06 Å². The summed E-state index contributed by atoms with van der Waals surface area (Å²) in [6.45, 7) is 0.704. The van der Waals surface area contributed by atoms with Crippen molar-refractivity contribution in [2.75, 3.05) is 32.2 Å². The molecule has 1 aliphatic heterocycles. The molecule has 0 spiro atoms. The molecule has 0 radical (unpaired) electrons. The molecule has 0 aromatic carbocycles. The molecule has 1 heterocycles. The van der Waals surface area contributed by atoms with E-state index in [1.807, 2.05) is 7.05 Å². The van der Waals surface area contributed by atoms with Crippen molar-refractivity contribution in [3.8, 4) is 0 Å². The number of rotatable bonds is 3. The molecule has 0 aromatic heterocycles. The molecule has 1 aliphatic rings. The van der Waals surface area contributed by atoms with Gasteiger partial charge in [0.05, 0.1) is 18.6 Å². The summed E-state index contributed by atoms with van der Waals surface area (Å²) in [5.41, 5.74) is 0. The first-order valence-corrected chi connectivity index (χ1v) is 5.81. The van der Waals surface area contributed by atoms with Crippen LogP contribution in [0, 0.1) is 5.92 Å². The van der Waals surface area contributed by atoms with Gasteiger partial charge in [0.25, 0.3) is 0 Å². The van der Waals surface area contributed by atoms with Crippen LogP contribution in [0.25, 0.3) is 0 Å². The van der Waals surface area contributed by atoms with E-state index in [0.29, 0.717) is 18.1 Å². The van der Waals surface area contributed by atoms with Gasteiger partial charge in [-0.15, -0.1) is 0 Å². The van der Waals surface area contributed by atoms with Crippen LogP contribution >= 0.6 is 0 Å². The summed E-state index contributed by atoms with van der Waals surface area (Å²) in [5.74, 6) is 0.913. The van der Waals surface area contributed by atoms with Crippen LogP contribution in [-0.2, 0) is 14.7 Å². The average molecular weight is 193 g/mol. The van der Waals surface area contributed by atoms with Gasteiger partial charge in [0, 0.05) is 13.6 Å². The Morgan fingerprint density at radius 1 is 1.58 bits per heavy atom. The zero-order valence-corrected chi connectivity index (χ0v) is 8.30. The van der Waals surface area contributed by atoms with E-state index in [4.69, 9.17) is 4.84 Å². The Morgan fingerprint density at radius 3 is 2.67 bits per heavy atom. The van der Waals surface area contributed by atoms with Crippen molar-refractivity contribution in [1.29, 1.82) is 0 Å². The van der Waals surface area contributed by atoms with E-state index in [2.05, 4.69) is 0 Å². The first-order valence-electron chi connectivity index (χ1n) is 3.99. The highest BCUT2D eigenvalue weighted by atomic mass is 32.2. The maximum absolute atomic E-state index is 11.1. The lowest BCUT2D eigenvalue weighted by molar-refractivity contribution is -0.116. The molecule has 1 unspecified atom stereocenters. The second-order valence-electron chi connectivity index (χ2n) is 3.26. The summed E-state index contributed by atoms with van der Waals surface area (Å²) in [6, 6.07) is 0. The molecule has 72 valence electrons. The molecule has 1 atom stereocenters. The Labute approximate surface area is 73.4 Å². The van der Waals surface area contributed by atoms with Gasteiger partial charge in [-0.05, 0) is 12.3 Å². The minimum atomic E-state index is -2.73. The molecule has 0 bridgehead atoms. The van der Waals surface area contributed by atoms with Crippen LogP contribution in [-0.4, -0.2) is 45.7 Å². The molecule has 1 rings (SSSR count). The smallest absolute Gasteiger partial charge is 0.150 e. The molecule has 0 saturated carbocycles. The van der Waals surface area contributed by atoms with Crippen molar-refractivity contribution in [2.24, 2.45) is 5.92 Å². The minimum absolute atomic E-state index is 0.250. The van der Waals surface area contributed by atoms with Gasteiger partial charge in [-0.3, -0.25) is 0 Å². The molecule has 0 aromatic rings. The highest BCUT2D eigenvalue weighted by Crippen LogP contribution is 2.18. The zero-order valence-electron chi connectivity index (χ0n) is 7.49. The van der Waals surface area contributed by atoms with Crippen LogP contribution in [0.3, 0.4) is 0 Å². The van der Waals surface area contributed by atoms with Gasteiger partial charge in [0.15, 0.2) is 9.84 Å². The van der Waals surface area contributed by atoms with Crippen LogP contribution < -0.4 is 0 Å². The Morgan fingerprint density at radius 2 is 2.25 bits per heavy atom. The zero-order chi connectivity index (χ0) is 9.19. The summed E-state index contributed by atoms with van der Waals surface area (Å²) in [7, 11) is 0.666. The first kappa shape index (κ1) is 9.95. The molecule has 5 heteroatoms. The van der Waals surface area contributed by atoms with Crippen LogP contribution in [0.2, 0.25) is 0 Å². The lowest BCUT2D eigenvalue weighted by Crippen LogP contribution is -2.25. The molecule has 1 fully saturated rings. The van der Waals surface area contributed by atoms with Gasteiger partial charge in [0.2, 0.25) is 0 Å². The second kappa shape index (κ2) is 3.72. The highest BCUT2D eigenvalue weighted by molar-refractivity contribution is 7.91. The topological polar surface area (TPSA) is 46.6 Å². The number of hydroxylamine groups is 2. The number of hydrogen-bond acceptors (Lipinski definition) is 4. The Balaban J connectivity index is 2.38. The van der Waals surface area contributed by atoms with E-state index in [-0.39, 0.29) is 5.92 Å². The second-order valence-corrected chi connectivity index (χ2v) is 5.49. The fourth-order valence-electron chi connectivity index (χ4n) is 1.45. The Bertz CT molecular complexity index is 237. The molecule has 0 aliphatic carbocycles. The van der Waals surface area contributed by atoms with Gasteiger partial charge in [-0.1, -0.05) is 0 Å². The third-order valence-corrected chi connectivity index (χ3v) is 3.99. The standard InChI is InChI=1S/C7H15NO3S/c1-8(11-2)5-7-3-4-12(9,10)6-7/h7H,3-6H2,1-2H3. The molecule has 0 N–H and O–H groups in total. The Hall–Kier alpha value is -0.130. The predicted molar refractivity (Wildman–Crippen MR) is 46.4 cm³/mol. The van der Waals surface area contributed by atoms with Crippen LogP contribution in [0.4, 0.5) is 0 Å². The molecular weight excluding hydrogens is 178 g/mol. The number of nitrogens with zero attached hydrogens (tertiary/aromatic N) is 1. The molecular formula is C7H15NO3S. The van der Waals surface area contributed by atoms with Crippen molar-refractivity contribution in [1.82, 2.24) is 5.06 Å². The van der Waals surface area contributed by atoms with Crippen molar-refractivity contribution in [3.63, 3.8) is 0 Å². The van der Waals surface area contributed by atoms with E-state index in [1.54, 1.807) is 12.2 Å². The third kappa shape index (κ3) is 2.73. The van der Waals surface area contributed by atoms with Gasteiger partial charge in [0.1, 0.15) is 0 Å². The van der Waals surface area contributed by atoms with Crippen LogP contribution in [0.15, 0.2) is 0 Å². The largest absolute Gasteiger partial charge is 0.303 e. The fraction of sp³-hybridized carbons (Fsp3) is 1.00. The fourth-order valence-corrected chi connectivity index (χ4v) is 3.30. The van der Waals surface area contributed by atoms with Gasteiger partial charge < -0.3 is 4.84 Å². The van der Waals surface area contributed by atoms with E-state index < -0.39 is 9.84 Å². The lowest BCUT2D eigenvalue weighted by atomic mass is 10.1. The minimum Gasteiger partial charge on any atom is -0.303 e. The summed E-state index contributed by atoms with van der Waals surface area (Å²) >= 11 is 0. The summed E-state index contributed by atoms with van der Waals surface area (Å²) < 4.78 is 22.1. The van der Waals surface area contributed by atoms with Crippen LogP contribution in [0.1, 0.15) is 6.42 Å². The van der Waals surface area contributed by atoms with Crippen molar-refractivity contribution in [2.45, 2.75) is 6.42 Å². The average Bonchev–Trinajstić information content (AvgIpc) is 2.30. The van der Waals surface area contributed by atoms with E-state index >= 15 is 0 Å². The monoisotopic (exact) mass is 193 g/mol. The molecule has 4 nitrogen and oxygen atoms in total. The van der Waals surface area contributed by atoms with E-state index in [0.717, 1.165) is 6.42 Å². The molecule has 12 heavy (non-hydrogen) atoms. The first-order chi connectivity index (χ1) is 5.53.